The van der Waals surface area contributed by atoms with E-state index in [1.54, 1.807) is 36.7 Å². The van der Waals surface area contributed by atoms with Crippen LogP contribution in [0.4, 0.5) is 8.78 Å². The van der Waals surface area contributed by atoms with Gasteiger partial charge in [-0.2, -0.15) is 0 Å². The zero-order chi connectivity index (χ0) is 19.5. The number of hydrogen-bond donors (Lipinski definition) is 0. The van der Waals surface area contributed by atoms with E-state index in [-0.39, 0.29) is 18.1 Å². The first kappa shape index (κ1) is 18.2. The highest BCUT2D eigenvalue weighted by Gasteiger charge is 2.22. The molecule has 0 saturated heterocycles. The molecule has 0 N–H and O–H groups in total. The summed E-state index contributed by atoms with van der Waals surface area (Å²) in [5.74, 6) is 0.788. The molecule has 142 valence electrons. The van der Waals surface area contributed by atoms with Gasteiger partial charge >= 0.3 is 5.97 Å². The van der Waals surface area contributed by atoms with Crippen LogP contribution in [0.5, 0.6) is 5.75 Å². The van der Waals surface area contributed by atoms with E-state index < -0.39 is 6.43 Å². The number of benzene rings is 2. The van der Waals surface area contributed by atoms with E-state index in [1.807, 2.05) is 17.0 Å². The number of alkyl halides is 2. The molecule has 0 atom stereocenters. The third kappa shape index (κ3) is 4.04. The largest absolute Gasteiger partial charge is 0.425 e. The molecule has 1 aliphatic rings. The van der Waals surface area contributed by atoms with E-state index in [2.05, 4.69) is 9.97 Å². The van der Waals surface area contributed by atoms with E-state index in [0.29, 0.717) is 24.7 Å². The Bertz CT molecular complexity index is 979. The van der Waals surface area contributed by atoms with E-state index in [0.717, 1.165) is 16.7 Å². The van der Waals surface area contributed by atoms with Crippen LogP contribution in [0.1, 0.15) is 23.4 Å². The average Bonchev–Trinajstić information content (AvgIpc) is 2.85. The molecule has 0 fully saturated rings. The first-order valence-electron chi connectivity index (χ1n) is 8.79. The van der Waals surface area contributed by atoms with Crippen molar-refractivity contribution in [3.63, 3.8) is 0 Å². The Balaban J connectivity index is 1.61. The lowest BCUT2D eigenvalue weighted by Gasteiger charge is -2.17. The van der Waals surface area contributed by atoms with E-state index in [1.165, 1.54) is 12.1 Å². The highest BCUT2D eigenvalue weighted by Crippen LogP contribution is 2.31. The number of fused-ring (bicyclic) bond motifs is 1. The second-order valence-electron chi connectivity index (χ2n) is 6.53. The summed E-state index contributed by atoms with van der Waals surface area (Å²) in [6.45, 7) is 1.04. The van der Waals surface area contributed by atoms with Gasteiger partial charge in [0.15, 0.2) is 0 Å². The van der Waals surface area contributed by atoms with Gasteiger partial charge in [0.2, 0.25) is 0 Å². The molecular weight excluding hydrogens is 364 g/mol. The summed E-state index contributed by atoms with van der Waals surface area (Å²) in [4.78, 5) is 22.4. The molecule has 28 heavy (non-hydrogen) atoms. The fourth-order valence-electron chi connectivity index (χ4n) is 3.16. The molecule has 0 spiro atoms. The smallest absolute Gasteiger partial charge is 0.325 e. The van der Waals surface area contributed by atoms with Crippen molar-refractivity contribution < 1.29 is 18.3 Å². The van der Waals surface area contributed by atoms with Crippen LogP contribution < -0.4 is 4.74 Å². The van der Waals surface area contributed by atoms with Gasteiger partial charge in [-0.05, 0) is 29.3 Å². The lowest BCUT2D eigenvalue weighted by molar-refractivity contribution is -0.135. The summed E-state index contributed by atoms with van der Waals surface area (Å²) in [5, 5.41) is 0. The molecule has 4 rings (SSSR count). The van der Waals surface area contributed by atoms with Crippen LogP contribution in [0.2, 0.25) is 0 Å². The Labute approximate surface area is 160 Å². The molecule has 0 saturated carbocycles. The maximum Gasteiger partial charge on any atom is 0.325 e. The van der Waals surface area contributed by atoms with Crippen LogP contribution in [0, 0.1) is 0 Å². The number of ether oxygens (including phenoxy) is 1. The van der Waals surface area contributed by atoms with Crippen molar-refractivity contribution in [2.24, 2.45) is 0 Å². The van der Waals surface area contributed by atoms with Crippen molar-refractivity contribution in [1.82, 2.24) is 14.9 Å². The average molecular weight is 381 g/mol. The fraction of sp³-hybridized carbons (Fsp3) is 0.190. The molecular formula is C21H17F2N3O2. The van der Waals surface area contributed by atoms with Crippen molar-refractivity contribution in [3.05, 3.63) is 77.9 Å². The standard InChI is InChI=1S/C21H17F2N3O2/c22-21(23)15-4-2-14(3-5-15)16-6-7-18-17(10-16)11-26(13-20(27)28-18)12-19-24-8-1-9-25-19/h1-10,21H,11-13H2. The van der Waals surface area contributed by atoms with Gasteiger partial charge in [0.05, 0.1) is 13.1 Å². The van der Waals surface area contributed by atoms with Gasteiger partial charge in [-0.1, -0.05) is 30.3 Å². The van der Waals surface area contributed by atoms with E-state index in [9.17, 15) is 13.6 Å². The quantitative estimate of drug-likeness (QED) is 0.505. The van der Waals surface area contributed by atoms with Crippen LogP contribution in [-0.4, -0.2) is 27.4 Å². The highest BCUT2D eigenvalue weighted by atomic mass is 19.3. The van der Waals surface area contributed by atoms with Gasteiger partial charge < -0.3 is 4.74 Å². The van der Waals surface area contributed by atoms with E-state index >= 15 is 0 Å². The summed E-state index contributed by atoms with van der Waals surface area (Å²) in [7, 11) is 0. The van der Waals surface area contributed by atoms with Crippen LogP contribution in [-0.2, 0) is 17.9 Å². The molecule has 2 aromatic carbocycles. The summed E-state index contributed by atoms with van der Waals surface area (Å²) in [6.07, 6.45) is 0.829. The molecule has 5 nitrogen and oxygen atoms in total. The summed E-state index contributed by atoms with van der Waals surface area (Å²) < 4.78 is 31.0. The summed E-state index contributed by atoms with van der Waals surface area (Å²) >= 11 is 0. The van der Waals surface area contributed by atoms with E-state index in [4.69, 9.17) is 4.74 Å². The molecule has 0 amide bonds. The summed E-state index contributed by atoms with van der Waals surface area (Å²) in [5.41, 5.74) is 2.52. The Hall–Kier alpha value is -3.19. The van der Waals surface area contributed by atoms with Crippen molar-refractivity contribution in [3.8, 4) is 16.9 Å². The van der Waals surface area contributed by atoms with Crippen LogP contribution >= 0.6 is 0 Å². The number of hydrogen-bond acceptors (Lipinski definition) is 5. The zero-order valence-electron chi connectivity index (χ0n) is 14.9. The molecule has 3 aromatic rings. The zero-order valence-corrected chi connectivity index (χ0v) is 14.9. The number of rotatable bonds is 4. The number of carbonyl (C=O) groups is 1. The molecule has 7 heteroatoms. The van der Waals surface area contributed by atoms with Crippen molar-refractivity contribution in [2.45, 2.75) is 19.5 Å². The van der Waals surface area contributed by atoms with Gasteiger partial charge in [-0.3, -0.25) is 9.69 Å². The minimum Gasteiger partial charge on any atom is -0.425 e. The molecule has 2 heterocycles. The fourth-order valence-corrected chi connectivity index (χ4v) is 3.16. The van der Waals surface area contributed by atoms with Crippen LogP contribution in [0.25, 0.3) is 11.1 Å². The molecule has 0 bridgehead atoms. The molecule has 0 radical (unpaired) electrons. The predicted molar refractivity (Wildman–Crippen MR) is 98.6 cm³/mol. The van der Waals surface area contributed by atoms with Crippen molar-refractivity contribution >= 4 is 5.97 Å². The third-order valence-electron chi connectivity index (χ3n) is 4.51. The second kappa shape index (κ2) is 7.82. The molecule has 0 aliphatic carbocycles. The van der Waals surface area contributed by atoms with Gasteiger partial charge in [0, 0.05) is 30.1 Å². The highest BCUT2D eigenvalue weighted by molar-refractivity contribution is 5.76. The number of esters is 1. The lowest BCUT2D eigenvalue weighted by atomic mass is 10.0. The van der Waals surface area contributed by atoms with Gasteiger partial charge in [-0.15, -0.1) is 0 Å². The van der Waals surface area contributed by atoms with Gasteiger partial charge in [0.25, 0.3) is 6.43 Å². The number of halogens is 2. The van der Waals surface area contributed by atoms with Gasteiger partial charge in [0.1, 0.15) is 11.6 Å². The molecule has 0 unspecified atom stereocenters. The maximum atomic E-state index is 12.8. The second-order valence-corrected chi connectivity index (χ2v) is 6.53. The Morgan fingerprint density at radius 3 is 2.43 bits per heavy atom. The number of nitrogens with zero attached hydrogens (tertiary/aromatic N) is 3. The maximum absolute atomic E-state index is 12.8. The first-order chi connectivity index (χ1) is 13.6. The first-order valence-corrected chi connectivity index (χ1v) is 8.79. The van der Waals surface area contributed by atoms with Crippen molar-refractivity contribution in [1.29, 1.82) is 0 Å². The monoisotopic (exact) mass is 381 g/mol. The topological polar surface area (TPSA) is 55.3 Å². The minimum atomic E-state index is -2.49. The Morgan fingerprint density at radius 2 is 1.71 bits per heavy atom. The van der Waals surface area contributed by atoms with Crippen molar-refractivity contribution in [2.75, 3.05) is 6.54 Å². The Kier molecular flexibility index (Phi) is 5.08. The minimum absolute atomic E-state index is 0.0125. The predicted octanol–water partition coefficient (Wildman–Crippen LogP) is 4.00. The number of aromatic nitrogens is 2. The van der Waals surface area contributed by atoms with Crippen LogP contribution in [0.3, 0.4) is 0 Å². The van der Waals surface area contributed by atoms with Crippen LogP contribution in [0.15, 0.2) is 60.9 Å². The Morgan fingerprint density at radius 1 is 1.00 bits per heavy atom. The molecule has 1 aliphatic heterocycles. The third-order valence-corrected chi connectivity index (χ3v) is 4.51. The molecule has 1 aromatic heterocycles. The number of carbonyl (C=O) groups excluding carboxylic acids is 1. The van der Waals surface area contributed by atoms with Gasteiger partial charge in [-0.25, -0.2) is 18.7 Å². The normalized spacial score (nSPS) is 14.5. The lowest BCUT2D eigenvalue weighted by Crippen LogP contribution is -2.29. The SMILES string of the molecule is O=C1CN(Cc2ncccn2)Cc2cc(-c3ccc(C(F)F)cc3)ccc2O1. The summed E-state index contributed by atoms with van der Waals surface area (Å²) in [6, 6.07) is 13.4.